The summed E-state index contributed by atoms with van der Waals surface area (Å²) in [6.45, 7) is 3.05. The van der Waals surface area contributed by atoms with E-state index in [1.54, 1.807) is 0 Å². The molecule has 15 heavy (non-hydrogen) atoms. The van der Waals surface area contributed by atoms with Crippen molar-refractivity contribution in [3.63, 3.8) is 0 Å². The summed E-state index contributed by atoms with van der Waals surface area (Å²) >= 11 is 0. The van der Waals surface area contributed by atoms with E-state index in [-0.39, 0.29) is 23.8 Å². The van der Waals surface area contributed by atoms with Crippen molar-refractivity contribution in [2.75, 3.05) is 13.2 Å². The quantitative estimate of drug-likeness (QED) is 0.736. The van der Waals surface area contributed by atoms with Crippen molar-refractivity contribution >= 4 is 5.91 Å². The molecule has 3 heteroatoms. The molecule has 2 rings (SSSR count). The van der Waals surface area contributed by atoms with E-state index in [2.05, 4.69) is 12.2 Å². The summed E-state index contributed by atoms with van der Waals surface area (Å²) in [6.07, 6.45) is 5.53. The van der Waals surface area contributed by atoms with Gasteiger partial charge in [0.05, 0.1) is 6.61 Å². The van der Waals surface area contributed by atoms with E-state index in [0.29, 0.717) is 12.5 Å². The van der Waals surface area contributed by atoms with Crippen molar-refractivity contribution in [1.82, 2.24) is 5.32 Å². The van der Waals surface area contributed by atoms with Gasteiger partial charge in [0.15, 0.2) is 0 Å². The van der Waals surface area contributed by atoms with E-state index < -0.39 is 0 Å². The average Bonchev–Trinajstić information content (AvgIpc) is 2.91. The summed E-state index contributed by atoms with van der Waals surface area (Å²) in [6, 6.07) is 0. The lowest BCUT2D eigenvalue weighted by atomic mass is 9.97. The third kappa shape index (κ3) is 2.33. The van der Waals surface area contributed by atoms with Gasteiger partial charge in [-0.15, -0.1) is 0 Å². The summed E-state index contributed by atoms with van der Waals surface area (Å²) in [5.74, 6) is 0.966. The Morgan fingerprint density at radius 2 is 2.20 bits per heavy atom. The maximum atomic E-state index is 11.9. The van der Waals surface area contributed by atoms with Crippen LogP contribution in [0, 0.1) is 17.3 Å². The third-order valence-corrected chi connectivity index (χ3v) is 4.13. The van der Waals surface area contributed by atoms with Crippen LogP contribution in [0.15, 0.2) is 0 Å². The van der Waals surface area contributed by atoms with Crippen LogP contribution in [-0.2, 0) is 4.79 Å². The highest BCUT2D eigenvalue weighted by Crippen LogP contribution is 2.44. The van der Waals surface area contributed by atoms with Crippen LogP contribution in [0.3, 0.4) is 0 Å². The monoisotopic (exact) mass is 211 g/mol. The number of rotatable bonds is 4. The zero-order chi connectivity index (χ0) is 10.9. The molecule has 0 aromatic carbocycles. The molecule has 2 aliphatic carbocycles. The fourth-order valence-electron chi connectivity index (χ4n) is 2.51. The number of nitrogens with one attached hydrogen (secondary N) is 1. The molecule has 0 bridgehead atoms. The Labute approximate surface area is 91.2 Å². The van der Waals surface area contributed by atoms with E-state index in [0.717, 1.165) is 19.3 Å². The molecular formula is C12H21NO2. The Balaban J connectivity index is 1.77. The zero-order valence-electron chi connectivity index (χ0n) is 9.46. The summed E-state index contributed by atoms with van der Waals surface area (Å²) in [5, 5.41) is 12.1. The van der Waals surface area contributed by atoms with Gasteiger partial charge >= 0.3 is 0 Å². The van der Waals surface area contributed by atoms with Crippen LogP contribution in [0.1, 0.15) is 39.0 Å². The molecule has 2 aliphatic rings. The molecule has 2 atom stereocenters. The highest BCUT2D eigenvalue weighted by atomic mass is 16.3. The summed E-state index contributed by atoms with van der Waals surface area (Å²) in [7, 11) is 0. The van der Waals surface area contributed by atoms with Crippen LogP contribution in [0.25, 0.3) is 0 Å². The lowest BCUT2D eigenvalue weighted by Crippen LogP contribution is -2.37. The van der Waals surface area contributed by atoms with Gasteiger partial charge in [-0.1, -0.05) is 13.3 Å². The molecule has 2 saturated carbocycles. The van der Waals surface area contributed by atoms with Gasteiger partial charge in [-0.3, -0.25) is 4.79 Å². The molecule has 0 radical (unpaired) electrons. The molecule has 2 fully saturated rings. The topological polar surface area (TPSA) is 49.3 Å². The number of carbonyl (C=O) groups is 1. The molecule has 3 nitrogen and oxygen atoms in total. The van der Waals surface area contributed by atoms with Crippen molar-refractivity contribution in [3.05, 3.63) is 0 Å². The van der Waals surface area contributed by atoms with Crippen LogP contribution < -0.4 is 5.32 Å². The van der Waals surface area contributed by atoms with Crippen LogP contribution >= 0.6 is 0 Å². The van der Waals surface area contributed by atoms with Crippen molar-refractivity contribution in [2.24, 2.45) is 17.3 Å². The van der Waals surface area contributed by atoms with Gasteiger partial charge in [-0.2, -0.15) is 0 Å². The second kappa shape index (κ2) is 4.12. The number of amides is 1. The van der Waals surface area contributed by atoms with Gasteiger partial charge in [0, 0.05) is 17.9 Å². The number of aliphatic hydroxyl groups is 1. The van der Waals surface area contributed by atoms with Crippen LogP contribution in [0.2, 0.25) is 0 Å². The van der Waals surface area contributed by atoms with E-state index in [1.807, 2.05) is 0 Å². The van der Waals surface area contributed by atoms with Gasteiger partial charge in [0.2, 0.25) is 5.91 Å². The predicted molar refractivity (Wildman–Crippen MR) is 58.3 cm³/mol. The minimum absolute atomic E-state index is 0.0392. The highest BCUT2D eigenvalue weighted by Gasteiger charge is 2.42. The summed E-state index contributed by atoms with van der Waals surface area (Å²) in [4.78, 5) is 11.9. The second-order valence-corrected chi connectivity index (χ2v) is 5.39. The molecule has 86 valence electrons. The molecule has 1 amide bonds. The van der Waals surface area contributed by atoms with Crippen LogP contribution in [0.5, 0.6) is 0 Å². The van der Waals surface area contributed by atoms with Crippen LogP contribution in [-0.4, -0.2) is 24.2 Å². The predicted octanol–water partition coefficient (Wildman–Crippen LogP) is 1.31. The van der Waals surface area contributed by atoms with Gasteiger partial charge in [-0.05, 0) is 31.6 Å². The van der Waals surface area contributed by atoms with Gasteiger partial charge in [0.25, 0.3) is 0 Å². The first-order chi connectivity index (χ1) is 7.17. The smallest absolute Gasteiger partial charge is 0.223 e. The summed E-state index contributed by atoms with van der Waals surface area (Å²) < 4.78 is 0. The fraction of sp³-hybridized carbons (Fsp3) is 0.917. The van der Waals surface area contributed by atoms with E-state index in [9.17, 15) is 4.79 Å². The Morgan fingerprint density at radius 3 is 2.67 bits per heavy atom. The molecule has 0 aliphatic heterocycles. The Hall–Kier alpha value is -0.570. The van der Waals surface area contributed by atoms with Crippen molar-refractivity contribution < 1.29 is 9.90 Å². The lowest BCUT2D eigenvalue weighted by Gasteiger charge is -2.18. The normalized spacial score (nSPS) is 32.7. The summed E-state index contributed by atoms with van der Waals surface area (Å²) in [5.41, 5.74) is 0.0392. The number of hydrogen-bond donors (Lipinski definition) is 2. The maximum Gasteiger partial charge on any atom is 0.223 e. The van der Waals surface area contributed by atoms with Gasteiger partial charge < -0.3 is 10.4 Å². The molecule has 0 heterocycles. The van der Waals surface area contributed by atoms with Crippen molar-refractivity contribution in [2.45, 2.75) is 39.0 Å². The second-order valence-electron chi connectivity index (χ2n) is 5.39. The first-order valence-corrected chi connectivity index (χ1v) is 6.05. The van der Waals surface area contributed by atoms with Crippen LogP contribution in [0.4, 0.5) is 0 Å². The average molecular weight is 211 g/mol. The van der Waals surface area contributed by atoms with Crippen molar-refractivity contribution in [1.29, 1.82) is 0 Å². The largest absolute Gasteiger partial charge is 0.396 e. The molecule has 0 spiro atoms. The van der Waals surface area contributed by atoms with E-state index in [1.165, 1.54) is 12.8 Å². The SMILES string of the molecule is CC1CCCC1C(=O)NCC1(CO)CC1. The van der Waals surface area contributed by atoms with E-state index in [4.69, 9.17) is 5.11 Å². The molecule has 2 N–H and O–H groups in total. The third-order valence-electron chi connectivity index (χ3n) is 4.13. The molecule has 0 saturated heterocycles. The van der Waals surface area contributed by atoms with E-state index >= 15 is 0 Å². The number of aliphatic hydroxyl groups excluding tert-OH is 1. The standard InChI is InChI=1S/C12H21NO2/c1-9-3-2-4-10(9)11(15)13-7-12(8-14)5-6-12/h9-10,14H,2-8H2,1H3,(H,13,15). The Bertz CT molecular complexity index is 248. The number of hydrogen-bond acceptors (Lipinski definition) is 2. The minimum atomic E-state index is 0.0392. The maximum absolute atomic E-state index is 11.9. The van der Waals surface area contributed by atoms with Gasteiger partial charge in [-0.25, -0.2) is 0 Å². The molecule has 2 unspecified atom stereocenters. The zero-order valence-corrected chi connectivity index (χ0v) is 9.46. The first-order valence-electron chi connectivity index (χ1n) is 6.05. The van der Waals surface area contributed by atoms with Gasteiger partial charge in [0.1, 0.15) is 0 Å². The first kappa shape index (κ1) is 10.9. The highest BCUT2D eigenvalue weighted by molar-refractivity contribution is 5.79. The Morgan fingerprint density at radius 1 is 1.47 bits per heavy atom. The Kier molecular flexibility index (Phi) is 3.01. The fourth-order valence-corrected chi connectivity index (χ4v) is 2.51. The lowest BCUT2D eigenvalue weighted by molar-refractivity contribution is -0.126. The number of carbonyl (C=O) groups excluding carboxylic acids is 1. The molecule has 0 aromatic heterocycles. The van der Waals surface area contributed by atoms with Crippen molar-refractivity contribution in [3.8, 4) is 0 Å². The molecular weight excluding hydrogens is 190 g/mol. The minimum Gasteiger partial charge on any atom is -0.396 e. The molecule has 0 aromatic rings.